The summed E-state index contributed by atoms with van der Waals surface area (Å²) >= 11 is 0. The Labute approximate surface area is 51.5 Å². The maximum Gasteiger partial charge on any atom is 0.514 e. The van der Waals surface area contributed by atoms with Crippen LogP contribution >= 0.6 is 0 Å². The Morgan fingerprint density at radius 3 is 1.80 bits per heavy atom. The lowest BCUT2D eigenvalue weighted by Crippen LogP contribution is -2.28. The molecule has 0 saturated carbocycles. The molecule has 1 nitrogen and oxygen atoms in total. The van der Waals surface area contributed by atoms with Crippen molar-refractivity contribution in [3.05, 3.63) is 12.3 Å². The Kier molecular flexibility index (Phi) is 2.56. The van der Waals surface area contributed by atoms with Crippen molar-refractivity contribution in [1.29, 1.82) is 0 Å². The molecule has 0 N–H and O–H groups in total. The molecule has 0 bridgehead atoms. The minimum atomic E-state index is -5.54. The highest BCUT2D eigenvalue weighted by molar-refractivity contribution is 4.80. The number of nitrogens with zero attached hydrogens (tertiary/aromatic N) is 1. The molecule has 60 valence electrons. The van der Waals surface area contributed by atoms with Crippen molar-refractivity contribution in [2.24, 2.45) is 0 Å². The van der Waals surface area contributed by atoms with E-state index in [1.54, 1.807) is 0 Å². The third-order valence-electron chi connectivity index (χ3n) is 0.500. The molecule has 0 aromatic heterocycles. The molecule has 7 heteroatoms. The van der Waals surface area contributed by atoms with E-state index in [0.29, 0.717) is 0 Å². The van der Waals surface area contributed by atoms with Crippen molar-refractivity contribution in [1.82, 2.24) is 5.12 Å². The second kappa shape index (κ2) is 2.80. The number of alkyl halides is 3. The fraction of sp³-hybridized carbons (Fsp3) is 0.333. The summed E-state index contributed by atoms with van der Waals surface area (Å²) in [6.07, 6.45) is -6.67. The van der Waals surface area contributed by atoms with Gasteiger partial charge in [-0.05, 0) is 0 Å². The van der Waals surface area contributed by atoms with Gasteiger partial charge < -0.3 is 0 Å². The van der Waals surface area contributed by atoms with E-state index in [1.807, 2.05) is 0 Å². The van der Waals surface area contributed by atoms with Crippen LogP contribution in [0.3, 0.4) is 0 Å². The molecule has 0 heterocycles. The van der Waals surface area contributed by atoms with Crippen LogP contribution in [0.2, 0.25) is 0 Å². The van der Waals surface area contributed by atoms with Gasteiger partial charge in [0.25, 0.3) is 5.95 Å². The molecule has 0 aliphatic heterocycles. The summed E-state index contributed by atoms with van der Waals surface area (Å²) in [7, 11) is 0. The van der Waals surface area contributed by atoms with Crippen LogP contribution in [0.1, 0.15) is 0 Å². The quantitative estimate of drug-likeness (QED) is 0.327. The molecule has 0 fully saturated rings. The summed E-state index contributed by atoms with van der Waals surface area (Å²) in [5, 5.41) is -2.27. The van der Waals surface area contributed by atoms with Gasteiger partial charge in [0.15, 0.2) is 0 Å². The molecule has 0 unspecified atom stereocenters. The standard InChI is InChI=1S/C3HF6N/c4-1-2(5)10(9)3(6,7)8/h1H/b2-1-. The fourth-order valence-corrected chi connectivity index (χ4v) is 0.164. The molecule has 0 aliphatic rings. The molecule has 0 amide bonds. The van der Waals surface area contributed by atoms with E-state index in [1.165, 1.54) is 0 Å². The SMILES string of the molecule is F/C=C(/F)N(F)C(F)(F)F. The molecule has 0 rings (SSSR count). The Morgan fingerprint density at radius 1 is 1.30 bits per heavy atom. The minimum absolute atomic E-state index is 1.13. The van der Waals surface area contributed by atoms with Crippen LogP contribution in [-0.4, -0.2) is 11.4 Å². The van der Waals surface area contributed by atoms with Crippen molar-refractivity contribution in [3.8, 4) is 0 Å². The molecule has 0 spiro atoms. The fourth-order valence-electron chi connectivity index (χ4n) is 0.164. The summed E-state index contributed by atoms with van der Waals surface area (Å²) in [6.45, 7) is 0. The first-order valence-electron chi connectivity index (χ1n) is 1.88. The predicted molar refractivity (Wildman–Crippen MR) is 19.3 cm³/mol. The molecule has 0 saturated heterocycles. The van der Waals surface area contributed by atoms with E-state index >= 15 is 0 Å². The van der Waals surface area contributed by atoms with Crippen LogP contribution in [0.5, 0.6) is 0 Å². The van der Waals surface area contributed by atoms with E-state index in [-0.39, 0.29) is 0 Å². The molecule has 0 aromatic rings. The first-order chi connectivity index (χ1) is 4.39. The average molecular weight is 165 g/mol. The highest BCUT2D eigenvalue weighted by Crippen LogP contribution is 2.26. The van der Waals surface area contributed by atoms with Crippen LogP contribution in [0, 0.1) is 0 Å². The summed E-state index contributed by atoms with van der Waals surface area (Å²) in [6, 6.07) is 0. The smallest absolute Gasteiger partial charge is 0.211 e. The second-order valence-corrected chi connectivity index (χ2v) is 1.18. The van der Waals surface area contributed by atoms with Gasteiger partial charge >= 0.3 is 6.30 Å². The Hall–Kier alpha value is -0.880. The van der Waals surface area contributed by atoms with E-state index in [0.717, 1.165) is 0 Å². The van der Waals surface area contributed by atoms with Gasteiger partial charge in [0, 0.05) is 0 Å². The van der Waals surface area contributed by atoms with Gasteiger partial charge in [-0.25, -0.2) is 4.39 Å². The lowest BCUT2D eigenvalue weighted by molar-refractivity contribution is -0.303. The summed E-state index contributed by atoms with van der Waals surface area (Å²) < 4.78 is 66.5. The Morgan fingerprint density at radius 2 is 1.70 bits per heavy atom. The average Bonchev–Trinajstić information content (AvgIpc) is 1.83. The lowest BCUT2D eigenvalue weighted by Gasteiger charge is -2.12. The van der Waals surface area contributed by atoms with Crippen LogP contribution in [0.15, 0.2) is 12.3 Å². The molecule has 0 aliphatic carbocycles. The van der Waals surface area contributed by atoms with Gasteiger partial charge in [-0.1, -0.05) is 9.60 Å². The number of hydrogen-bond acceptors (Lipinski definition) is 1. The van der Waals surface area contributed by atoms with Crippen molar-refractivity contribution < 1.29 is 26.4 Å². The third-order valence-corrected chi connectivity index (χ3v) is 0.500. The summed E-state index contributed by atoms with van der Waals surface area (Å²) in [5.41, 5.74) is 0. The maximum absolute atomic E-state index is 11.3. The normalized spacial score (nSPS) is 13.6. The summed E-state index contributed by atoms with van der Waals surface area (Å²) in [4.78, 5) is 0. The zero-order valence-corrected chi connectivity index (χ0v) is 4.29. The number of hydrogen-bond donors (Lipinski definition) is 0. The van der Waals surface area contributed by atoms with Crippen molar-refractivity contribution in [2.45, 2.75) is 6.30 Å². The lowest BCUT2D eigenvalue weighted by atomic mass is 10.8. The third kappa shape index (κ3) is 2.16. The first-order valence-corrected chi connectivity index (χ1v) is 1.88. The second-order valence-electron chi connectivity index (χ2n) is 1.18. The van der Waals surface area contributed by atoms with Crippen LogP contribution in [0.25, 0.3) is 0 Å². The molecular formula is C3HF6N. The molecule has 10 heavy (non-hydrogen) atoms. The molecular weight excluding hydrogens is 164 g/mol. The largest absolute Gasteiger partial charge is 0.514 e. The van der Waals surface area contributed by atoms with Gasteiger partial charge in [0.2, 0.25) is 0 Å². The van der Waals surface area contributed by atoms with E-state index < -0.39 is 23.7 Å². The van der Waals surface area contributed by atoms with Gasteiger partial charge in [0.1, 0.15) is 6.33 Å². The topological polar surface area (TPSA) is 3.24 Å². The van der Waals surface area contributed by atoms with Crippen molar-refractivity contribution in [3.63, 3.8) is 0 Å². The highest BCUT2D eigenvalue weighted by atomic mass is 19.4. The van der Waals surface area contributed by atoms with Gasteiger partial charge in [0.05, 0.1) is 0 Å². The van der Waals surface area contributed by atoms with Crippen LogP contribution in [-0.2, 0) is 0 Å². The first kappa shape index (κ1) is 9.12. The molecule has 0 radical (unpaired) electrons. The number of rotatable bonds is 1. The maximum atomic E-state index is 11.3. The van der Waals surface area contributed by atoms with Crippen LogP contribution < -0.4 is 0 Å². The minimum Gasteiger partial charge on any atom is -0.211 e. The predicted octanol–water partition coefficient (Wildman–Crippen LogP) is 2.43. The Balaban J connectivity index is 4.23. The Bertz CT molecular complexity index is 136. The number of halogens is 6. The zero-order valence-electron chi connectivity index (χ0n) is 4.29. The van der Waals surface area contributed by atoms with E-state index in [9.17, 15) is 26.4 Å². The van der Waals surface area contributed by atoms with Gasteiger partial charge in [-0.15, -0.1) is 13.2 Å². The highest BCUT2D eigenvalue weighted by Gasteiger charge is 2.40. The monoisotopic (exact) mass is 165 g/mol. The van der Waals surface area contributed by atoms with Gasteiger partial charge in [-0.3, -0.25) is 0 Å². The zero-order chi connectivity index (χ0) is 8.36. The molecule has 0 atom stereocenters. The van der Waals surface area contributed by atoms with Crippen molar-refractivity contribution in [2.75, 3.05) is 0 Å². The van der Waals surface area contributed by atoms with E-state index in [2.05, 4.69) is 0 Å². The van der Waals surface area contributed by atoms with E-state index in [4.69, 9.17) is 0 Å². The van der Waals surface area contributed by atoms with Gasteiger partial charge in [-0.2, -0.15) is 4.39 Å². The van der Waals surface area contributed by atoms with Crippen molar-refractivity contribution >= 4 is 0 Å². The summed E-state index contributed by atoms with van der Waals surface area (Å²) in [5.74, 6) is -2.63. The molecule has 0 aromatic carbocycles. The van der Waals surface area contributed by atoms with Crippen LogP contribution in [0.4, 0.5) is 26.4 Å².